The monoisotopic (exact) mass is 1440 g/mol. The highest BCUT2D eigenvalue weighted by Gasteiger charge is 2.49. The fourth-order valence-electron chi connectivity index (χ4n) is 19.9. The summed E-state index contributed by atoms with van der Waals surface area (Å²) < 4.78 is 12.1. The predicted octanol–water partition coefficient (Wildman–Crippen LogP) is 23.8. The highest BCUT2D eigenvalue weighted by atomic mass is 16.6. The zero-order chi connectivity index (χ0) is 75.5. The van der Waals surface area contributed by atoms with Gasteiger partial charge in [-0.1, -0.05) is 180 Å². The van der Waals surface area contributed by atoms with E-state index in [0.29, 0.717) is 55.9 Å². The minimum Gasteiger partial charge on any atom is -0.465 e. The second-order valence-corrected chi connectivity index (χ2v) is 33.7. The van der Waals surface area contributed by atoms with Gasteiger partial charge in [0.1, 0.15) is 11.5 Å². The van der Waals surface area contributed by atoms with Crippen molar-refractivity contribution in [1.29, 1.82) is 0 Å². The van der Waals surface area contributed by atoms with Crippen LogP contribution in [-0.2, 0) is 0 Å². The van der Waals surface area contributed by atoms with Gasteiger partial charge in [-0.15, -0.1) is 0 Å². The normalized spacial score (nSPS) is 17.4. The van der Waals surface area contributed by atoms with Crippen molar-refractivity contribution in [3.8, 4) is 33.8 Å². The highest BCUT2D eigenvalue weighted by molar-refractivity contribution is 6.44. The van der Waals surface area contributed by atoms with Crippen molar-refractivity contribution in [3.63, 3.8) is 0 Å². The fraction of sp³-hybridized carbons (Fsp3) is 0.220. The Hall–Kier alpha value is -11.8. The second-order valence-electron chi connectivity index (χ2n) is 33.7. The Labute approximate surface area is 637 Å². The molecule has 21 rings (SSSR count). The molecule has 2 aliphatic heterocycles. The number of allylic oxidation sites excluding steroid dienone is 8. The summed E-state index contributed by atoms with van der Waals surface area (Å²) in [6, 6.07) is 51.7. The van der Waals surface area contributed by atoms with Gasteiger partial charge in [0.15, 0.2) is 12.6 Å². The van der Waals surface area contributed by atoms with Crippen molar-refractivity contribution >= 4 is 157 Å². The number of anilines is 2. The van der Waals surface area contributed by atoms with E-state index in [9.17, 15) is 10.2 Å². The van der Waals surface area contributed by atoms with Crippen LogP contribution in [-0.4, -0.2) is 46.4 Å². The summed E-state index contributed by atoms with van der Waals surface area (Å²) in [5, 5.41) is 36.1. The minimum atomic E-state index is -1.01. The average molecular weight is 1440 g/mol. The van der Waals surface area contributed by atoms with Crippen LogP contribution in [0.1, 0.15) is 215 Å². The standard InChI is InChI=1S/C100H80N2O8/c1-45(2)77-41-59(109-99(107)49(9)10)42-78(46(3)4)93(77)101-95(103)73-29-25-65-61-17-21-69-81-37-55-33-51-13-15-53-35-57-39-83-71-23-19-63-67-27-31-75-92-76(98(106)102(97(75)105)94-79(47(5)6)43-60(44-80(94)48(7)8)110-100(108)50(11)12)32-28-68(88(67)92)64-20-24-72(90(71)86(63)64)84(83)40-58(57)36-54(53)16-14-52(51)34-56(55)38-82(81)70-22-18-62(85(61)89(69)70)66-26-30-74(96(101)104)91(73)87(65)66/h13-50,85,89,99-100,107-108H,1-12H3. The highest BCUT2D eigenvalue weighted by Crippen LogP contribution is 2.64. The smallest absolute Gasteiger partial charge is 0.266 e. The summed E-state index contributed by atoms with van der Waals surface area (Å²) in [7, 11) is 0. The molecule has 0 bridgehead atoms. The average Bonchev–Trinajstić information content (AvgIpc) is 1.23. The number of rotatable bonds is 12. The van der Waals surface area contributed by atoms with E-state index in [1.165, 1.54) is 87.0 Å². The summed E-state index contributed by atoms with van der Waals surface area (Å²) >= 11 is 0. The molecule has 2 heterocycles. The molecule has 110 heavy (non-hydrogen) atoms. The molecular formula is C100H80N2O8. The molecule has 0 fully saturated rings. The van der Waals surface area contributed by atoms with Gasteiger partial charge in [0.2, 0.25) is 0 Å². The van der Waals surface area contributed by atoms with Crippen molar-refractivity contribution in [2.45, 2.75) is 119 Å². The molecule has 6 aliphatic carbocycles. The number of carbonyl (C=O) groups is 4. The van der Waals surface area contributed by atoms with E-state index < -0.39 is 12.6 Å². The maximum absolute atomic E-state index is 15.3. The Balaban J connectivity index is 0.602. The summed E-state index contributed by atoms with van der Waals surface area (Å²) in [5.41, 5.74) is 25.5. The first-order valence-corrected chi connectivity index (χ1v) is 39.1. The zero-order valence-electron chi connectivity index (χ0n) is 63.5. The quantitative estimate of drug-likeness (QED) is 0.0535. The zero-order valence-corrected chi connectivity index (χ0v) is 63.5. The van der Waals surface area contributed by atoms with Crippen LogP contribution in [0.2, 0.25) is 0 Å². The molecule has 2 unspecified atom stereocenters. The van der Waals surface area contributed by atoms with Crippen LogP contribution in [0, 0.1) is 23.7 Å². The number of benzene rings is 13. The summed E-state index contributed by atoms with van der Waals surface area (Å²) in [4.78, 5) is 64.0. The third kappa shape index (κ3) is 9.06. The molecule has 10 nitrogen and oxygen atoms in total. The van der Waals surface area contributed by atoms with Crippen molar-refractivity contribution < 1.29 is 38.9 Å². The van der Waals surface area contributed by atoms with E-state index in [1.54, 1.807) is 0 Å². The van der Waals surface area contributed by atoms with E-state index in [-0.39, 0.29) is 71.0 Å². The summed E-state index contributed by atoms with van der Waals surface area (Å²) in [5.74, 6) is -0.775. The number of nitrogens with zero attached hydrogens (tertiary/aromatic N) is 2. The molecule has 8 aliphatic rings. The number of hydrogen-bond donors (Lipinski definition) is 2. The Morgan fingerprint density at radius 2 is 0.545 bits per heavy atom. The lowest BCUT2D eigenvalue weighted by Crippen LogP contribution is -2.42. The maximum Gasteiger partial charge on any atom is 0.266 e. The van der Waals surface area contributed by atoms with Crippen LogP contribution in [0.3, 0.4) is 0 Å². The number of aliphatic hydroxyl groups is 2. The lowest BCUT2D eigenvalue weighted by molar-refractivity contribution is -0.0519. The topological polar surface area (TPSA) is 134 Å². The van der Waals surface area contributed by atoms with E-state index in [0.717, 1.165) is 98.7 Å². The number of carbonyl (C=O) groups excluding carboxylic acids is 4. The third-order valence-corrected chi connectivity index (χ3v) is 25.3. The van der Waals surface area contributed by atoms with E-state index in [1.807, 2.05) is 76.2 Å². The molecule has 0 spiro atoms. The first kappa shape index (κ1) is 66.4. The van der Waals surface area contributed by atoms with Gasteiger partial charge in [0.25, 0.3) is 23.6 Å². The first-order valence-electron chi connectivity index (χ1n) is 39.1. The Bertz CT molecular complexity index is 6400. The molecular weight excluding hydrogens is 1360 g/mol. The minimum absolute atomic E-state index is 0.0450. The summed E-state index contributed by atoms with van der Waals surface area (Å²) in [6.07, 6.45) is 16.3. The molecule has 0 saturated carbocycles. The van der Waals surface area contributed by atoms with Crippen LogP contribution < -0.4 is 19.3 Å². The van der Waals surface area contributed by atoms with E-state index in [2.05, 4.69) is 201 Å². The molecule has 10 heteroatoms. The van der Waals surface area contributed by atoms with Gasteiger partial charge < -0.3 is 19.7 Å². The van der Waals surface area contributed by atoms with Crippen molar-refractivity contribution in [1.82, 2.24) is 0 Å². The van der Waals surface area contributed by atoms with Crippen molar-refractivity contribution in [2.75, 3.05) is 9.80 Å². The molecule has 0 radical (unpaired) electrons. The Morgan fingerprint density at radius 3 is 0.855 bits per heavy atom. The Kier molecular flexibility index (Phi) is 14.1. The molecule has 2 atom stereocenters. The van der Waals surface area contributed by atoms with E-state index in [4.69, 9.17) is 9.47 Å². The number of aliphatic hydroxyl groups excluding tert-OH is 2. The van der Waals surface area contributed by atoms with E-state index >= 15 is 19.2 Å². The molecule has 13 aromatic carbocycles. The fourth-order valence-corrected chi connectivity index (χ4v) is 19.9. The SMILES string of the molecule is CC(C)c1cc(OC(O)C(C)C)cc(C(C)C)c1N1C(=O)c2ccc3c4c(ccc(c24)C1=O)C1=CC=C2c4cc5cc6c(cc5cc4C4=CC=C3C1C42)C=Cc1cc2cc3c(cc2cc1C=C6)-c1ccc2c4ccc5c6c(ccc(c7ccc-3c1c72)c64)C(=O)N(c1c(C(C)C)cc(OC(O)C(C)C)cc1C(C)C)C5=O. The molecule has 13 aromatic rings. The lowest BCUT2D eigenvalue weighted by Gasteiger charge is -2.41. The van der Waals surface area contributed by atoms with Gasteiger partial charge in [-0.3, -0.25) is 19.2 Å². The third-order valence-electron chi connectivity index (χ3n) is 25.3. The van der Waals surface area contributed by atoms with Gasteiger partial charge in [0, 0.05) is 56.7 Å². The summed E-state index contributed by atoms with van der Waals surface area (Å²) in [6.45, 7) is 24.1. The van der Waals surface area contributed by atoms with Crippen LogP contribution >= 0.6 is 0 Å². The predicted molar refractivity (Wildman–Crippen MR) is 449 cm³/mol. The molecule has 538 valence electrons. The number of amides is 4. The second kappa shape index (κ2) is 23.4. The Morgan fingerprint density at radius 1 is 0.291 bits per heavy atom. The molecule has 2 N–H and O–H groups in total. The molecule has 0 saturated heterocycles. The number of fused-ring (bicyclic) bond motifs is 14. The van der Waals surface area contributed by atoms with Gasteiger partial charge in [-0.05, 0) is 297 Å². The van der Waals surface area contributed by atoms with Gasteiger partial charge in [0.05, 0.1) is 11.4 Å². The first-order chi connectivity index (χ1) is 53.0. The largest absolute Gasteiger partial charge is 0.465 e. The van der Waals surface area contributed by atoms with Crippen molar-refractivity contribution in [3.05, 3.63) is 259 Å². The van der Waals surface area contributed by atoms with Crippen LogP contribution in [0.5, 0.6) is 11.5 Å². The van der Waals surface area contributed by atoms with Gasteiger partial charge >= 0.3 is 0 Å². The van der Waals surface area contributed by atoms with Gasteiger partial charge in [-0.2, -0.15) is 0 Å². The number of ether oxygens (including phenoxy) is 2. The lowest BCUT2D eigenvalue weighted by atomic mass is 9.62. The van der Waals surface area contributed by atoms with Gasteiger partial charge in [-0.25, -0.2) is 9.80 Å². The number of imide groups is 2. The van der Waals surface area contributed by atoms with Crippen molar-refractivity contribution in [2.24, 2.45) is 23.7 Å². The van der Waals surface area contributed by atoms with Crippen LogP contribution in [0.4, 0.5) is 11.4 Å². The van der Waals surface area contributed by atoms with Crippen LogP contribution in [0.25, 0.3) is 144 Å². The molecule has 0 aromatic heterocycles. The molecule has 4 amide bonds. The number of hydrogen-bond acceptors (Lipinski definition) is 8. The van der Waals surface area contributed by atoms with Crippen LogP contribution in [0.15, 0.2) is 170 Å². The maximum atomic E-state index is 15.3.